The van der Waals surface area contributed by atoms with Gasteiger partial charge in [0, 0.05) is 6.21 Å². The fourth-order valence-corrected chi connectivity index (χ4v) is 5.83. The predicted molar refractivity (Wildman–Crippen MR) is 91.6 cm³/mol. The first-order chi connectivity index (χ1) is 10.9. The molecule has 1 heterocycles. The first-order valence-corrected chi connectivity index (χ1v) is 8.95. The normalized spacial score (nSPS) is 36.7. The third-order valence-electron chi connectivity index (χ3n) is 6.36. The highest BCUT2D eigenvalue weighted by Gasteiger charge is 2.53. The van der Waals surface area contributed by atoms with Gasteiger partial charge in [0.25, 0.3) is 5.56 Å². The molecule has 0 amide bonds. The third-order valence-corrected chi connectivity index (χ3v) is 6.56. The summed E-state index contributed by atoms with van der Waals surface area (Å²) in [6.45, 7) is 2.17. The van der Waals surface area contributed by atoms with Gasteiger partial charge in [0.15, 0.2) is 4.77 Å². The standard InChI is InChI=1S/C17H23N3O2S/c1-9(18-8-13-14(21)19-16(23)20-15(13)22)17-5-10-2-11(6-17)4-12(3-10)7-17/h8-12H,2-7H2,1H3,(H3,19,20,21,22,23)/t9-,10?,11?,12?,17?/m0/s1. The summed E-state index contributed by atoms with van der Waals surface area (Å²) in [4.78, 5) is 21.7. The lowest BCUT2D eigenvalue weighted by Gasteiger charge is -2.58. The molecule has 1 atom stereocenters. The van der Waals surface area contributed by atoms with Gasteiger partial charge in [-0.05, 0) is 80.8 Å². The summed E-state index contributed by atoms with van der Waals surface area (Å²) >= 11 is 4.84. The maximum Gasteiger partial charge on any atom is 0.264 e. The van der Waals surface area contributed by atoms with Gasteiger partial charge in [0.05, 0.1) is 6.04 Å². The summed E-state index contributed by atoms with van der Waals surface area (Å²) < 4.78 is 0.124. The van der Waals surface area contributed by atoms with E-state index in [1.807, 2.05) is 0 Å². The zero-order valence-electron chi connectivity index (χ0n) is 13.3. The average molecular weight is 333 g/mol. The molecule has 4 saturated carbocycles. The fourth-order valence-electron chi connectivity index (χ4n) is 5.64. The molecule has 0 unspecified atom stereocenters. The van der Waals surface area contributed by atoms with E-state index in [1.54, 1.807) is 0 Å². The average Bonchev–Trinajstić information content (AvgIpc) is 2.44. The second-order valence-corrected chi connectivity index (χ2v) is 8.31. The van der Waals surface area contributed by atoms with Crippen LogP contribution in [0.15, 0.2) is 9.79 Å². The molecule has 4 aliphatic carbocycles. The van der Waals surface area contributed by atoms with Crippen LogP contribution in [0.1, 0.15) is 51.0 Å². The quantitative estimate of drug-likeness (QED) is 0.587. The Morgan fingerprint density at radius 1 is 1.22 bits per heavy atom. The monoisotopic (exact) mass is 333 g/mol. The Balaban J connectivity index is 1.60. The van der Waals surface area contributed by atoms with Crippen LogP contribution in [0.25, 0.3) is 0 Å². The van der Waals surface area contributed by atoms with Crippen molar-refractivity contribution in [1.29, 1.82) is 0 Å². The Morgan fingerprint density at radius 2 is 1.78 bits per heavy atom. The molecule has 0 aliphatic heterocycles. The number of nitrogens with zero attached hydrogens (tertiary/aromatic N) is 1. The number of H-pyrrole nitrogens is 2. The van der Waals surface area contributed by atoms with Crippen LogP contribution < -0.4 is 5.56 Å². The largest absolute Gasteiger partial charge is 0.494 e. The van der Waals surface area contributed by atoms with E-state index in [0.717, 1.165) is 17.8 Å². The maximum absolute atomic E-state index is 11.9. The van der Waals surface area contributed by atoms with Gasteiger partial charge in [-0.15, -0.1) is 0 Å². The molecule has 0 spiro atoms. The molecule has 4 aliphatic rings. The van der Waals surface area contributed by atoms with E-state index in [4.69, 9.17) is 12.2 Å². The van der Waals surface area contributed by atoms with E-state index in [2.05, 4.69) is 21.9 Å². The molecule has 23 heavy (non-hydrogen) atoms. The number of hydrogen-bond acceptors (Lipinski definition) is 4. The topological polar surface area (TPSA) is 81.2 Å². The van der Waals surface area contributed by atoms with E-state index in [0.29, 0.717) is 5.41 Å². The molecule has 5 rings (SSSR count). The van der Waals surface area contributed by atoms with Crippen molar-refractivity contribution in [2.24, 2.45) is 28.2 Å². The van der Waals surface area contributed by atoms with Gasteiger partial charge in [-0.25, -0.2) is 0 Å². The predicted octanol–water partition coefficient (Wildman–Crippen LogP) is 3.16. The molecule has 0 radical (unpaired) electrons. The lowest BCUT2D eigenvalue weighted by molar-refractivity contribution is -0.0632. The number of rotatable bonds is 3. The van der Waals surface area contributed by atoms with Gasteiger partial charge >= 0.3 is 0 Å². The second kappa shape index (κ2) is 5.30. The smallest absolute Gasteiger partial charge is 0.264 e. The summed E-state index contributed by atoms with van der Waals surface area (Å²) in [5.74, 6) is 2.43. The highest BCUT2D eigenvalue weighted by molar-refractivity contribution is 7.71. The van der Waals surface area contributed by atoms with Crippen molar-refractivity contribution in [1.82, 2.24) is 9.97 Å². The number of hydrogen-bond donors (Lipinski definition) is 3. The minimum atomic E-state index is -0.396. The summed E-state index contributed by atoms with van der Waals surface area (Å²) in [6, 6.07) is 0.179. The molecule has 1 aromatic heterocycles. The van der Waals surface area contributed by atoms with Crippen LogP contribution in [0.2, 0.25) is 0 Å². The molecule has 6 heteroatoms. The molecule has 1 aromatic rings. The number of aromatic hydroxyl groups is 1. The van der Waals surface area contributed by atoms with Crippen LogP contribution in [-0.4, -0.2) is 27.3 Å². The van der Waals surface area contributed by atoms with Crippen molar-refractivity contribution in [3.05, 3.63) is 20.7 Å². The van der Waals surface area contributed by atoms with Crippen molar-refractivity contribution >= 4 is 18.4 Å². The Hall–Kier alpha value is -1.43. The van der Waals surface area contributed by atoms with Gasteiger partial charge in [0.2, 0.25) is 5.88 Å². The maximum atomic E-state index is 11.9. The number of nitrogens with one attached hydrogen (secondary N) is 2. The summed E-state index contributed by atoms with van der Waals surface area (Å²) in [6.07, 6.45) is 9.57. The number of aromatic nitrogens is 2. The highest BCUT2D eigenvalue weighted by Crippen LogP contribution is 2.61. The molecular formula is C17H23N3O2S. The molecule has 4 bridgehead atoms. The van der Waals surface area contributed by atoms with Crippen molar-refractivity contribution < 1.29 is 5.11 Å². The van der Waals surface area contributed by atoms with Gasteiger partial charge in [-0.2, -0.15) is 0 Å². The van der Waals surface area contributed by atoms with Crippen molar-refractivity contribution in [2.75, 3.05) is 0 Å². The van der Waals surface area contributed by atoms with Gasteiger partial charge in [-0.1, -0.05) is 0 Å². The summed E-state index contributed by atoms with van der Waals surface area (Å²) in [5, 5.41) is 9.89. The summed E-state index contributed by atoms with van der Waals surface area (Å²) in [5.41, 5.74) is 0.0675. The van der Waals surface area contributed by atoms with E-state index >= 15 is 0 Å². The highest BCUT2D eigenvalue weighted by atomic mass is 32.1. The number of aromatic amines is 2. The van der Waals surface area contributed by atoms with Gasteiger partial charge in [-0.3, -0.25) is 14.8 Å². The van der Waals surface area contributed by atoms with Crippen LogP contribution in [0.3, 0.4) is 0 Å². The Morgan fingerprint density at radius 3 is 2.30 bits per heavy atom. The van der Waals surface area contributed by atoms with Gasteiger partial charge < -0.3 is 10.1 Å². The van der Waals surface area contributed by atoms with Crippen molar-refractivity contribution in [2.45, 2.75) is 51.5 Å². The first-order valence-electron chi connectivity index (χ1n) is 8.54. The van der Waals surface area contributed by atoms with Crippen LogP contribution in [0.4, 0.5) is 0 Å². The van der Waals surface area contributed by atoms with Crippen LogP contribution >= 0.6 is 12.2 Å². The van der Waals surface area contributed by atoms with E-state index in [1.165, 1.54) is 44.7 Å². The number of aliphatic imine (C=N–C) groups is 1. The minimum absolute atomic E-state index is 0.124. The summed E-state index contributed by atoms with van der Waals surface area (Å²) in [7, 11) is 0. The molecule has 3 N–H and O–H groups in total. The molecular weight excluding hydrogens is 310 g/mol. The minimum Gasteiger partial charge on any atom is -0.494 e. The second-order valence-electron chi connectivity index (χ2n) is 7.90. The molecule has 0 aromatic carbocycles. The fraction of sp³-hybridized carbons (Fsp3) is 0.706. The first kappa shape index (κ1) is 15.1. The SMILES string of the molecule is C[C@H](N=Cc1c(O)[nH]c(=S)[nH]c1=O)C12CC3CC(CC(C3)C1)C2. The Kier molecular flexibility index (Phi) is 3.48. The third kappa shape index (κ3) is 2.57. The lowest BCUT2D eigenvalue weighted by atomic mass is 9.48. The molecule has 0 saturated heterocycles. The van der Waals surface area contributed by atoms with Crippen molar-refractivity contribution in [3.63, 3.8) is 0 Å². The lowest BCUT2D eigenvalue weighted by Crippen LogP contribution is -2.50. The van der Waals surface area contributed by atoms with Crippen LogP contribution in [-0.2, 0) is 0 Å². The molecule has 124 valence electrons. The van der Waals surface area contributed by atoms with Crippen LogP contribution in [0.5, 0.6) is 5.88 Å². The van der Waals surface area contributed by atoms with E-state index in [9.17, 15) is 9.90 Å². The molecule has 4 fully saturated rings. The zero-order valence-corrected chi connectivity index (χ0v) is 14.2. The van der Waals surface area contributed by atoms with Gasteiger partial charge in [0.1, 0.15) is 5.56 Å². The van der Waals surface area contributed by atoms with E-state index < -0.39 is 5.56 Å². The van der Waals surface area contributed by atoms with E-state index in [-0.39, 0.29) is 22.3 Å². The van der Waals surface area contributed by atoms with Crippen molar-refractivity contribution in [3.8, 4) is 5.88 Å². The van der Waals surface area contributed by atoms with Crippen LogP contribution in [0, 0.1) is 27.9 Å². The molecule has 5 nitrogen and oxygen atoms in total. The Bertz CT molecular complexity index is 729. The zero-order chi connectivity index (χ0) is 16.2. The Labute approximate surface area is 140 Å².